The van der Waals surface area contributed by atoms with Gasteiger partial charge in [-0.05, 0) is 43.6 Å². The number of hydrogen-bond donors (Lipinski definition) is 2. The molecule has 2 N–H and O–H groups in total. The molecule has 178 valence electrons. The van der Waals surface area contributed by atoms with Crippen LogP contribution in [0.5, 0.6) is 0 Å². The van der Waals surface area contributed by atoms with Crippen LogP contribution in [0.25, 0.3) is 0 Å². The van der Waals surface area contributed by atoms with E-state index in [4.69, 9.17) is 5.11 Å². The first-order valence-electron chi connectivity index (χ1n) is 11.5. The van der Waals surface area contributed by atoms with Gasteiger partial charge in [-0.1, -0.05) is 62.2 Å². The van der Waals surface area contributed by atoms with E-state index in [2.05, 4.69) is 12.1 Å². The summed E-state index contributed by atoms with van der Waals surface area (Å²) in [6.45, 7) is 2.14. The molecule has 2 rings (SSSR count). The highest BCUT2D eigenvalue weighted by Gasteiger charge is 2.52. The molecule has 1 fully saturated rings. The van der Waals surface area contributed by atoms with Gasteiger partial charge in [0.15, 0.2) is 0 Å². The van der Waals surface area contributed by atoms with Crippen molar-refractivity contribution in [2.24, 2.45) is 5.92 Å². The van der Waals surface area contributed by atoms with Crippen LogP contribution >= 0.6 is 0 Å². The second-order valence-electron chi connectivity index (χ2n) is 8.76. The second kappa shape index (κ2) is 12.7. The highest BCUT2D eigenvalue weighted by atomic mass is 19.3. The zero-order chi connectivity index (χ0) is 23.6. The predicted molar refractivity (Wildman–Crippen MR) is 119 cm³/mol. The number of unbranched alkanes of at least 4 members (excludes halogenated alkanes) is 3. The lowest BCUT2D eigenvalue weighted by Crippen LogP contribution is -2.36. The van der Waals surface area contributed by atoms with Gasteiger partial charge in [0.05, 0.1) is 12.1 Å². The Labute approximate surface area is 189 Å². The first kappa shape index (κ1) is 26.0. The molecule has 3 atom stereocenters. The Morgan fingerprint density at radius 2 is 1.88 bits per heavy atom. The van der Waals surface area contributed by atoms with E-state index in [1.165, 1.54) is 10.5 Å². The normalized spacial score (nSPS) is 20.1. The standard InChI is InChI=1S/C25H35F2NO4/c1-19(10-9-13-20-11-5-4-6-12-20)22(29)16-15-21-18-25(26,27)24(32)28(21)17-8-3-2-7-14-23(30)31/h4-6,11-12,15-16,19,21-22,29H,2-3,7-10,13-14,17-18H2,1H3,(H,30,31)/b16-15-/t19-,21-,22+/m0/s1. The zero-order valence-electron chi connectivity index (χ0n) is 18.8. The fourth-order valence-electron chi connectivity index (χ4n) is 4.05. The minimum Gasteiger partial charge on any atom is -0.481 e. The number of aliphatic hydroxyl groups is 1. The van der Waals surface area contributed by atoms with E-state index >= 15 is 0 Å². The third kappa shape index (κ3) is 8.34. The largest absolute Gasteiger partial charge is 0.481 e. The Kier molecular flexibility index (Phi) is 10.3. The number of hydrogen-bond acceptors (Lipinski definition) is 3. The monoisotopic (exact) mass is 451 g/mol. The molecule has 0 unspecified atom stereocenters. The summed E-state index contributed by atoms with van der Waals surface area (Å²) in [6, 6.07) is 9.37. The van der Waals surface area contributed by atoms with Crippen molar-refractivity contribution in [1.29, 1.82) is 0 Å². The molecule has 1 saturated heterocycles. The number of halogens is 2. The predicted octanol–water partition coefficient (Wildman–Crippen LogP) is 4.83. The minimum absolute atomic E-state index is 0.0183. The topological polar surface area (TPSA) is 77.8 Å². The van der Waals surface area contributed by atoms with Gasteiger partial charge in [0.25, 0.3) is 5.91 Å². The molecule has 0 spiro atoms. The number of aryl methyl sites for hydroxylation is 1. The highest BCUT2D eigenvalue weighted by Crippen LogP contribution is 2.34. The molecule has 0 aromatic heterocycles. The number of carbonyl (C=O) groups is 2. The van der Waals surface area contributed by atoms with Crippen molar-refractivity contribution < 1.29 is 28.6 Å². The molecule has 1 aliphatic heterocycles. The Bertz CT molecular complexity index is 754. The lowest BCUT2D eigenvalue weighted by molar-refractivity contribution is -0.148. The molecular weight excluding hydrogens is 416 g/mol. The van der Waals surface area contributed by atoms with Gasteiger partial charge >= 0.3 is 11.9 Å². The smallest absolute Gasteiger partial charge is 0.327 e. The van der Waals surface area contributed by atoms with Crippen LogP contribution in [0.4, 0.5) is 8.78 Å². The summed E-state index contributed by atoms with van der Waals surface area (Å²) in [4.78, 5) is 23.8. The average Bonchev–Trinajstić information content (AvgIpc) is 2.97. The van der Waals surface area contributed by atoms with Crippen molar-refractivity contribution in [2.45, 2.75) is 82.8 Å². The minimum atomic E-state index is -3.38. The summed E-state index contributed by atoms with van der Waals surface area (Å²) in [5.74, 6) is -5.42. The van der Waals surface area contributed by atoms with Crippen molar-refractivity contribution in [1.82, 2.24) is 4.90 Å². The number of rotatable bonds is 14. The van der Waals surface area contributed by atoms with Crippen molar-refractivity contribution in [3.8, 4) is 0 Å². The molecule has 1 aliphatic rings. The molecule has 1 amide bonds. The Balaban J connectivity index is 1.81. The van der Waals surface area contributed by atoms with Crippen molar-refractivity contribution >= 4 is 11.9 Å². The van der Waals surface area contributed by atoms with Crippen LogP contribution in [0, 0.1) is 5.92 Å². The number of carbonyl (C=O) groups excluding carboxylic acids is 1. The fraction of sp³-hybridized carbons (Fsp3) is 0.600. The number of nitrogens with zero attached hydrogens (tertiary/aromatic N) is 1. The number of likely N-dealkylation sites (tertiary alicyclic amines) is 1. The van der Waals surface area contributed by atoms with E-state index in [1.807, 2.05) is 25.1 Å². The van der Waals surface area contributed by atoms with Crippen LogP contribution in [0.1, 0.15) is 63.9 Å². The first-order valence-corrected chi connectivity index (χ1v) is 11.5. The molecular formula is C25H35F2NO4. The Morgan fingerprint density at radius 1 is 1.19 bits per heavy atom. The van der Waals surface area contributed by atoms with Crippen LogP contribution in [0.3, 0.4) is 0 Å². The number of benzene rings is 1. The second-order valence-corrected chi connectivity index (χ2v) is 8.76. The quantitative estimate of drug-likeness (QED) is 0.314. The zero-order valence-corrected chi connectivity index (χ0v) is 18.8. The SMILES string of the molecule is C[C@@H](CCCc1ccccc1)[C@H](O)/C=C\[C@H]1CC(F)(F)C(=O)N1CCCCCCC(=O)O. The van der Waals surface area contributed by atoms with Crippen molar-refractivity contribution in [3.05, 3.63) is 48.0 Å². The molecule has 0 radical (unpaired) electrons. The van der Waals surface area contributed by atoms with Crippen LogP contribution in [0.15, 0.2) is 42.5 Å². The van der Waals surface area contributed by atoms with Crippen LogP contribution in [-0.2, 0) is 16.0 Å². The average molecular weight is 452 g/mol. The highest BCUT2D eigenvalue weighted by molar-refractivity contribution is 5.86. The van der Waals surface area contributed by atoms with E-state index in [1.54, 1.807) is 12.2 Å². The summed E-state index contributed by atoms with van der Waals surface area (Å²) >= 11 is 0. The maximum absolute atomic E-state index is 14.0. The molecule has 7 heteroatoms. The molecule has 1 aromatic rings. The summed E-state index contributed by atoms with van der Waals surface area (Å²) in [6.07, 6.45) is 6.95. The molecule has 32 heavy (non-hydrogen) atoms. The van der Waals surface area contributed by atoms with Gasteiger partial charge in [-0.2, -0.15) is 8.78 Å². The molecule has 0 bridgehead atoms. The van der Waals surface area contributed by atoms with Gasteiger partial charge in [0.1, 0.15) is 0 Å². The van der Waals surface area contributed by atoms with Gasteiger partial charge in [0, 0.05) is 19.4 Å². The van der Waals surface area contributed by atoms with E-state index in [0.29, 0.717) is 25.7 Å². The Hall–Kier alpha value is -2.28. The number of amides is 1. The van der Waals surface area contributed by atoms with Crippen LogP contribution in [-0.4, -0.2) is 51.6 Å². The summed E-state index contributed by atoms with van der Waals surface area (Å²) in [7, 11) is 0. The first-order chi connectivity index (χ1) is 15.2. The van der Waals surface area contributed by atoms with Gasteiger partial charge in [0.2, 0.25) is 0 Å². The summed E-state index contributed by atoms with van der Waals surface area (Å²) < 4.78 is 28.0. The van der Waals surface area contributed by atoms with Crippen LogP contribution < -0.4 is 0 Å². The maximum atomic E-state index is 14.0. The van der Waals surface area contributed by atoms with Crippen LogP contribution in [0.2, 0.25) is 0 Å². The lowest BCUT2D eigenvalue weighted by atomic mass is 9.95. The third-order valence-corrected chi connectivity index (χ3v) is 6.06. The van der Waals surface area contributed by atoms with E-state index in [-0.39, 0.29) is 18.9 Å². The number of aliphatic carboxylic acids is 1. The molecule has 1 aromatic carbocycles. The molecule has 0 aliphatic carbocycles. The summed E-state index contributed by atoms with van der Waals surface area (Å²) in [5.41, 5.74) is 1.25. The molecule has 1 heterocycles. The van der Waals surface area contributed by atoms with E-state index in [0.717, 1.165) is 19.3 Å². The van der Waals surface area contributed by atoms with Gasteiger partial charge < -0.3 is 15.1 Å². The fourth-order valence-corrected chi connectivity index (χ4v) is 4.05. The molecule has 0 saturated carbocycles. The van der Waals surface area contributed by atoms with E-state index < -0.39 is 36.4 Å². The number of alkyl halides is 2. The molecule has 5 nitrogen and oxygen atoms in total. The van der Waals surface area contributed by atoms with Crippen molar-refractivity contribution in [3.63, 3.8) is 0 Å². The number of carboxylic acid groups (broad SMARTS) is 1. The van der Waals surface area contributed by atoms with E-state index in [9.17, 15) is 23.5 Å². The Morgan fingerprint density at radius 3 is 2.56 bits per heavy atom. The van der Waals surface area contributed by atoms with Gasteiger partial charge in [-0.15, -0.1) is 0 Å². The maximum Gasteiger partial charge on any atom is 0.327 e. The summed E-state index contributed by atoms with van der Waals surface area (Å²) in [5, 5.41) is 19.1. The number of carboxylic acids is 1. The lowest BCUT2D eigenvalue weighted by Gasteiger charge is -2.22. The van der Waals surface area contributed by atoms with Gasteiger partial charge in [-0.25, -0.2) is 0 Å². The third-order valence-electron chi connectivity index (χ3n) is 6.06. The number of aliphatic hydroxyl groups excluding tert-OH is 1. The van der Waals surface area contributed by atoms with Gasteiger partial charge in [-0.3, -0.25) is 9.59 Å². The van der Waals surface area contributed by atoms with Crippen molar-refractivity contribution in [2.75, 3.05) is 6.54 Å².